The van der Waals surface area contributed by atoms with E-state index in [0.29, 0.717) is 49.8 Å². The molecule has 1 N–H and O–H groups in total. The summed E-state index contributed by atoms with van der Waals surface area (Å²) in [6.45, 7) is 4.92. The maximum Gasteiger partial charge on any atom is 0.292 e. The van der Waals surface area contributed by atoms with Crippen LogP contribution in [-0.2, 0) is 9.59 Å². The molecule has 2 fully saturated rings. The Labute approximate surface area is 175 Å². The van der Waals surface area contributed by atoms with Gasteiger partial charge in [-0.2, -0.15) is 0 Å². The van der Waals surface area contributed by atoms with Gasteiger partial charge in [0.05, 0.1) is 44.9 Å². The van der Waals surface area contributed by atoms with Crippen molar-refractivity contribution in [3.63, 3.8) is 0 Å². The molecule has 1 atom stereocenters. The summed E-state index contributed by atoms with van der Waals surface area (Å²) >= 11 is 0. The molecule has 0 saturated carbocycles. The fourth-order valence-electron chi connectivity index (χ4n) is 4.19. The number of hydrogen-bond donors (Lipinski definition) is 1. The second-order valence-electron chi connectivity index (χ2n) is 7.57. The predicted octanol–water partition coefficient (Wildman–Crippen LogP) is 0.758. The van der Waals surface area contributed by atoms with E-state index < -0.39 is 6.04 Å². The molecular weight excluding hydrogens is 382 g/mol. The molecule has 30 heavy (non-hydrogen) atoms. The molecule has 156 valence electrons. The summed E-state index contributed by atoms with van der Waals surface area (Å²) in [4.78, 5) is 42.4. The van der Waals surface area contributed by atoms with Crippen LogP contribution in [0.1, 0.15) is 23.7 Å². The third-order valence-corrected chi connectivity index (χ3v) is 5.76. The Bertz CT molecular complexity index is 921. The van der Waals surface area contributed by atoms with Crippen molar-refractivity contribution >= 4 is 23.4 Å². The minimum Gasteiger partial charge on any atom is -0.494 e. The number of nitrogens with zero attached hydrogens (tertiary/aromatic N) is 2. The van der Waals surface area contributed by atoms with Crippen LogP contribution in [0.15, 0.2) is 54.6 Å². The van der Waals surface area contributed by atoms with Gasteiger partial charge in [0.2, 0.25) is 5.91 Å². The van der Waals surface area contributed by atoms with Gasteiger partial charge < -0.3 is 14.5 Å². The Morgan fingerprint density at radius 2 is 1.70 bits per heavy atom. The second kappa shape index (κ2) is 8.67. The molecule has 7 heteroatoms. The lowest BCUT2D eigenvalue weighted by Gasteiger charge is -2.34. The number of nitrogens with one attached hydrogen (secondary N) is 1. The van der Waals surface area contributed by atoms with Gasteiger partial charge in [0.25, 0.3) is 11.8 Å². The molecule has 2 saturated heterocycles. The summed E-state index contributed by atoms with van der Waals surface area (Å²) < 4.78 is 5.43. The van der Waals surface area contributed by atoms with Crippen molar-refractivity contribution in [2.24, 2.45) is 0 Å². The molecule has 2 aromatic carbocycles. The van der Waals surface area contributed by atoms with Crippen LogP contribution in [0.5, 0.6) is 5.75 Å². The topological polar surface area (TPSA) is 71.4 Å². The lowest BCUT2D eigenvalue weighted by molar-refractivity contribution is -0.918. The van der Waals surface area contributed by atoms with E-state index >= 15 is 0 Å². The molecule has 3 amide bonds. The summed E-state index contributed by atoms with van der Waals surface area (Å²) in [6, 6.07) is 15.9. The Morgan fingerprint density at radius 1 is 1.03 bits per heavy atom. The van der Waals surface area contributed by atoms with E-state index in [1.54, 1.807) is 24.3 Å². The van der Waals surface area contributed by atoms with Crippen molar-refractivity contribution in [3.8, 4) is 5.75 Å². The van der Waals surface area contributed by atoms with Crippen molar-refractivity contribution in [3.05, 3.63) is 60.2 Å². The van der Waals surface area contributed by atoms with Gasteiger partial charge in [-0.3, -0.25) is 14.4 Å². The lowest BCUT2D eigenvalue weighted by Crippen LogP contribution is -3.19. The number of quaternary nitrogens is 1. The van der Waals surface area contributed by atoms with Gasteiger partial charge in [0.15, 0.2) is 6.04 Å². The maximum atomic E-state index is 13.0. The number of ether oxygens (including phenoxy) is 1. The van der Waals surface area contributed by atoms with Crippen molar-refractivity contribution in [2.45, 2.75) is 19.4 Å². The number of rotatable bonds is 5. The zero-order valence-electron chi connectivity index (χ0n) is 17.0. The summed E-state index contributed by atoms with van der Waals surface area (Å²) in [6.07, 6.45) is 0.202. The lowest BCUT2D eigenvalue weighted by atomic mass is 10.1. The zero-order valence-corrected chi connectivity index (χ0v) is 17.0. The molecule has 0 spiro atoms. The molecule has 0 radical (unpaired) electrons. The molecular formula is C23H26N3O4+. The predicted molar refractivity (Wildman–Crippen MR) is 112 cm³/mol. The number of benzene rings is 2. The first-order valence-corrected chi connectivity index (χ1v) is 10.4. The molecule has 0 bridgehead atoms. The van der Waals surface area contributed by atoms with E-state index in [0.717, 1.165) is 4.90 Å². The zero-order chi connectivity index (χ0) is 21.1. The van der Waals surface area contributed by atoms with Crippen LogP contribution < -0.4 is 14.5 Å². The average Bonchev–Trinajstić information content (AvgIpc) is 3.09. The van der Waals surface area contributed by atoms with Gasteiger partial charge in [-0.25, -0.2) is 4.90 Å². The van der Waals surface area contributed by atoms with Crippen LogP contribution in [0, 0.1) is 0 Å². The monoisotopic (exact) mass is 408 g/mol. The van der Waals surface area contributed by atoms with Crippen molar-refractivity contribution in [2.75, 3.05) is 37.7 Å². The summed E-state index contributed by atoms with van der Waals surface area (Å²) in [5.74, 6) is 0.382. The Hall–Kier alpha value is -3.19. The summed E-state index contributed by atoms with van der Waals surface area (Å²) in [7, 11) is 0. The molecule has 2 aromatic rings. The number of anilines is 1. The standard InChI is InChI=1S/C23H25N3O4/c1-2-30-19-10-8-18(9-11-19)26-21(27)16-20(23(26)29)24-12-14-25(15-13-24)22(28)17-6-4-3-5-7-17/h3-11,20H,2,12-16H2,1H3/p+1/t20-/m0/s1. The molecule has 2 heterocycles. The van der Waals surface area contributed by atoms with Gasteiger partial charge >= 0.3 is 0 Å². The first-order valence-electron chi connectivity index (χ1n) is 10.4. The van der Waals surface area contributed by atoms with Crippen LogP contribution in [0.4, 0.5) is 5.69 Å². The van der Waals surface area contributed by atoms with E-state index in [9.17, 15) is 14.4 Å². The number of carbonyl (C=O) groups is 3. The number of imide groups is 1. The Balaban J connectivity index is 1.39. The molecule has 0 aliphatic carbocycles. The van der Waals surface area contributed by atoms with Crippen LogP contribution in [0.3, 0.4) is 0 Å². The fourth-order valence-corrected chi connectivity index (χ4v) is 4.19. The average molecular weight is 408 g/mol. The largest absolute Gasteiger partial charge is 0.494 e. The minimum atomic E-state index is -0.391. The van der Waals surface area contributed by atoms with Gasteiger partial charge in [-0.05, 0) is 43.3 Å². The first-order chi connectivity index (χ1) is 14.6. The highest BCUT2D eigenvalue weighted by molar-refractivity contribution is 6.21. The van der Waals surface area contributed by atoms with Crippen molar-refractivity contribution in [1.29, 1.82) is 0 Å². The summed E-state index contributed by atoms with van der Waals surface area (Å²) in [5, 5.41) is 0. The van der Waals surface area contributed by atoms with E-state index in [2.05, 4.69) is 0 Å². The van der Waals surface area contributed by atoms with Gasteiger partial charge in [-0.15, -0.1) is 0 Å². The highest BCUT2D eigenvalue weighted by atomic mass is 16.5. The molecule has 0 aromatic heterocycles. The number of piperazine rings is 1. The van der Waals surface area contributed by atoms with Crippen LogP contribution in [0.2, 0.25) is 0 Å². The highest BCUT2D eigenvalue weighted by Gasteiger charge is 2.46. The SMILES string of the molecule is CCOc1ccc(N2C(=O)C[C@H]([NH+]3CCN(C(=O)c4ccccc4)CC3)C2=O)cc1. The smallest absolute Gasteiger partial charge is 0.292 e. The van der Waals surface area contributed by atoms with Crippen LogP contribution in [0.25, 0.3) is 0 Å². The summed E-state index contributed by atoms with van der Waals surface area (Å²) in [5.41, 5.74) is 1.25. The third kappa shape index (κ3) is 3.93. The van der Waals surface area contributed by atoms with E-state index in [1.165, 1.54) is 4.90 Å². The van der Waals surface area contributed by atoms with Gasteiger partial charge in [0, 0.05) is 5.56 Å². The molecule has 7 nitrogen and oxygen atoms in total. The maximum absolute atomic E-state index is 13.0. The molecule has 4 rings (SSSR count). The fraction of sp³-hybridized carbons (Fsp3) is 0.348. The van der Waals surface area contributed by atoms with E-state index in [4.69, 9.17) is 4.74 Å². The first kappa shape index (κ1) is 20.1. The van der Waals surface area contributed by atoms with Gasteiger partial charge in [0.1, 0.15) is 5.75 Å². The highest BCUT2D eigenvalue weighted by Crippen LogP contribution is 2.24. The Morgan fingerprint density at radius 3 is 2.33 bits per heavy atom. The molecule has 2 aliphatic heterocycles. The van der Waals surface area contributed by atoms with E-state index in [1.807, 2.05) is 42.2 Å². The van der Waals surface area contributed by atoms with Crippen LogP contribution in [-0.4, -0.2) is 61.4 Å². The second-order valence-corrected chi connectivity index (χ2v) is 7.57. The Kier molecular flexibility index (Phi) is 5.81. The van der Waals surface area contributed by atoms with E-state index in [-0.39, 0.29) is 24.1 Å². The minimum absolute atomic E-state index is 0.0134. The van der Waals surface area contributed by atoms with Gasteiger partial charge in [-0.1, -0.05) is 18.2 Å². The van der Waals surface area contributed by atoms with Crippen molar-refractivity contribution in [1.82, 2.24) is 4.90 Å². The third-order valence-electron chi connectivity index (χ3n) is 5.76. The normalized spacial score (nSPS) is 20.0. The number of carbonyl (C=O) groups excluding carboxylic acids is 3. The molecule has 0 unspecified atom stereocenters. The molecule has 2 aliphatic rings. The quantitative estimate of drug-likeness (QED) is 0.742. The van der Waals surface area contributed by atoms with Crippen molar-refractivity contribution < 1.29 is 24.0 Å². The van der Waals surface area contributed by atoms with Crippen LogP contribution >= 0.6 is 0 Å². The number of amides is 3. The number of hydrogen-bond acceptors (Lipinski definition) is 4.